The zero-order chi connectivity index (χ0) is 70.4. The number of hydrogen-bond acceptors (Lipinski definition) is 16. The topological polar surface area (TPSA) is 204 Å². The Morgan fingerprint density at radius 1 is 0.346 bits per heavy atom. The van der Waals surface area contributed by atoms with Crippen molar-refractivity contribution in [2.45, 2.75) is 76.3 Å². The SMILES string of the molecule is COc1cc2c(cc1OCc1cccc(COc3cc4c(cc3OC)C(=O)N3c5ccccc5C[C@H]3CN4)c1)N=C[C@@H]1Cc3cc(-c4ccc5c(c4)C[C@H]4CNc6cc(OCc7cccc(COc8cc9c(cc8OC)C(=O)N8c%10ccccc%10C[C@H]8CN9)c7)c(OC)cc6C(=O)N54)ccc3N1C2=O. The van der Waals surface area contributed by atoms with Crippen molar-refractivity contribution in [1.29, 1.82) is 0 Å². The zero-order valence-corrected chi connectivity index (χ0v) is 57.6. The van der Waals surface area contributed by atoms with Gasteiger partial charge in [0.25, 0.3) is 23.6 Å². The molecular formula is C84H72N8O12. The Morgan fingerprint density at radius 3 is 1.12 bits per heavy atom. The maximum absolute atomic E-state index is 14.8. The van der Waals surface area contributed by atoms with E-state index in [-0.39, 0.29) is 74.2 Å². The minimum absolute atomic E-state index is 0.00386. The third-order valence-electron chi connectivity index (χ3n) is 21.3. The molecule has 4 amide bonds. The lowest BCUT2D eigenvalue weighted by Gasteiger charge is -2.23. The second kappa shape index (κ2) is 25.9. The molecule has 8 heterocycles. The van der Waals surface area contributed by atoms with E-state index in [2.05, 4.69) is 52.3 Å². The van der Waals surface area contributed by atoms with Crippen LogP contribution in [-0.4, -0.2) is 102 Å². The van der Waals surface area contributed by atoms with Crippen LogP contribution in [0.1, 0.15) is 85.9 Å². The number of carbonyl (C=O) groups is 4. The first-order valence-corrected chi connectivity index (χ1v) is 35.0. The molecule has 0 spiro atoms. The van der Waals surface area contributed by atoms with Gasteiger partial charge in [-0.05, 0) is 148 Å². The van der Waals surface area contributed by atoms with Crippen LogP contribution >= 0.6 is 0 Å². The predicted molar refractivity (Wildman–Crippen MR) is 398 cm³/mol. The van der Waals surface area contributed by atoms with Gasteiger partial charge in [0.2, 0.25) is 0 Å². The molecule has 0 unspecified atom stereocenters. The van der Waals surface area contributed by atoms with Gasteiger partial charge in [-0.25, -0.2) is 0 Å². The molecule has 8 aliphatic rings. The highest BCUT2D eigenvalue weighted by Gasteiger charge is 2.43. The van der Waals surface area contributed by atoms with E-state index < -0.39 is 0 Å². The van der Waals surface area contributed by atoms with Gasteiger partial charge in [0.15, 0.2) is 46.0 Å². The van der Waals surface area contributed by atoms with Crippen molar-refractivity contribution in [1.82, 2.24) is 0 Å². The number of benzene rings is 10. The van der Waals surface area contributed by atoms with Crippen molar-refractivity contribution in [3.05, 3.63) is 249 Å². The highest BCUT2D eigenvalue weighted by Crippen LogP contribution is 2.48. The minimum Gasteiger partial charge on any atom is -0.493 e. The Morgan fingerprint density at radius 2 is 0.702 bits per heavy atom. The lowest BCUT2D eigenvalue weighted by molar-refractivity contribution is 0.0975. The molecule has 4 atom stereocenters. The summed E-state index contributed by atoms with van der Waals surface area (Å²) in [6.07, 6.45) is 4.65. The molecule has 20 heteroatoms. The normalized spacial score (nSPS) is 18.1. The minimum atomic E-state index is -0.317. The lowest BCUT2D eigenvalue weighted by atomic mass is 9.98. The molecule has 0 fully saturated rings. The van der Waals surface area contributed by atoms with E-state index in [1.165, 1.54) is 5.56 Å². The van der Waals surface area contributed by atoms with E-state index in [1.807, 2.05) is 141 Å². The van der Waals surface area contributed by atoms with Gasteiger partial charge in [-0.3, -0.25) is 29.1 Å². The molecule has 0 saturated heterocycles. The van der Waals surface area contributed by atoms with Crippen LogP contribution in [0.4, 0.5) is 45.5 Å². The number of fused-ring (bicyclic) bond motifs is 16. The molecule has 0 saturated carbocycles. The van der Waals surface area contributed by atoms with E-state index >= 15 is 0 Å². The van der Waals surface area contributed by atoms with Gasteiger partial charge in [-0.15, -0.1) is 0 Å². The Balaban J connectivity index is 0.507. The summed E-state index contributed by atoms with van der Waals surface area (Å²) in [6.45, 7) is 2.64. The number of hydrogen-bond donors (Lipinski definition) is 3. The molecule has 10 aromatic rings. The molecule has 20 nitrogen and oxygen atoms in total. The number of para-hydroxylation sites is 2. The fourth-order valence-electron chi connectivity index (χ4n) is 16.2. The molecule has 10 aromatic carbocycles. The number of methoxy groups -OCH3 is 4. The van der Waals surface area contributed by atoms with E-state index in [0.29, 0.717) is 123 Å². The van der Waals surface area contributed by atoms with Crippen LogP contribution in [0.15, 0.2) is 187 Å². The van der Waals surface area contributed by atoms with Crippen LogP contribution in [0.25, 0.3) is 11.1 Å². The average molecular weight is 1390 g/mol. The summed E-state index contributed by atoms with van der Waals surface area (Å²) in [7, 11) is 6.28. The number of nitrogens with one attached hydrogen (secondary N) is 3. The summed E-state index contributed by atoms with van der Waals surface area (Å²) < 4.78 is 49.0. The number of amides is 4. The molecular weight excluding hydrogens is 1310 g/mol. The highest BCUT2D eigenvalue weighted by atomic mass is 16.5. The number of nitrogens with zero attached hydrogens (tertiary/aromatic N) is 5. The first kappa shape index (κ1) is 63.7. The van der Waals surface area contributed by atoms with Gasteiger partial charge in [0.05, 0.1) is 97.6 Å². The van der Waals surface area contributed by atoms with Crippen LogP contribution in [0.3, 0.4) is 0 Å². The summed E-state index contributed by atoms with van der Waals surface area (Å²) >= 11 is 0. The Bertz CT molecular complexity index is 5270. The second-order valence-corrected chi connectivity index (χ2v) is 27.4. The number of ether oxygens (including phenoxy) is 8. The van der Waals surface area contributed by atoms with Crippen molar-refractivity contribution in [2.75, 3.05) is 83.6 Å². The predicted octanol–water partition coefficient (Wildman–Crippen LogP) is 14.0. The van der Waals surface area contributed by atoms with Crippen molar-refractivity contribution in [3.8, 4) is 57.1 Å². The summed E-state index contributed by atoms with van der Waals surface area (Å²) in [5.74, 6) is 3.29. The third-order valence-corrected chi connectivity index (χ3v) is 21.3. The fraction of sp³-hybridized carbons (Fsp3) is 0.226. The number of anilines is 7. The number of rotatable bonds is 17. The van der Waals surface area contributed by atoms with Crippen molar-refractivity contribution >= 4 is 75.3 Å². The van der Waals surface area contributed by atoms with Gasteiger partial charge >= 0.3 is 0 Å². The Labute approximate surface area is 600 Å². The highest BCUT2D eigenvalue weighted by molar-refractivity contribution is 6.16. The van der Waals surface area contributed by atoms with E-state index in [4.69, 9.17) is 42.9 Å². The molecule has 3 N–H and O–H groups in total. The van der Waals surface area contributed by atoms with Gasteiger partial charge in [-0.1, -0.05) is 84.9 Å². The molecule has 0 aromatic heterocycles. The Kier molecular flexibility index (Phi) is 15.8. The molecule has 0 radical (unpaired) electrons. The zero-order valence-electron chi connectivity index (χ0n) is 57.6. The second-order valence-electron chi connectivity index (χ2n) is 27.4. The summed E-state index contributed by atoms with van der Waals surface area (Å²) in [5.41, 5.74) is 18.1. The third kappa shape index (κ3) is 11.1. The van der Waals surface area contributed by atoms with Crippen LogP contribution in [-0.2, 0) is 52.1 Å². The molecule has 0 aliphatic carbocycles. The first-order valence-electron chi connectivity index (χ1n) is 35.0. The number of carbonyl (C=O) groups excluding carboxylic acids is 4. The van der Waals surface area contributed by atoms with E-state index in [1.54, 1.807) is 58.8 Å². The average Bonchev–Trinajstić information content (AvgIpc) is 1.71. The van der Waals surface area contributed by atoms with Crippen molar-refractivity contribution in [3.63, 3.8) is 0 Å². The standard InChI is InChI=1S/C84H72N8O12/c1-97-73-31-61-65(85-39-57-27-53-15-5-7-17-69(53)89(57)81(61)93)35-77(73)101-43-47-11-9-13-49(23-47)45-103-79-37-67-63(33-75(79)99-3)83(95)91-59(41-87-67)29-55-25-51(19-21-71(55)91)52-20-22-72-56(26-52)30-60-42-88-68-38-80(76(100-4)34-64(68)84(96)92(60)72)104-46-50-14-10-12-48(24-50)44-102-78-36-66-62(32-74(78)98-2)82(94)90-58(40-86-66)28-54-16-6-8-18-70(54)90/h5-26,31-38,41,57-60,85-86,88H,27-30,39-40,42-46H2,1-4H3/t57-,58-,59-,60-/m0/s1. The monoisotopic (exact) mass is 1380 g/mol. The van der Waals surface area contributed by atoms with Gasteiger partial charge in [0, 0.05) is 79.3 Å². The largest absolute Gasteiger partial charge is 0.493 e. The molecule has 8 aliphatic heterocycles. The van der Waals surface area contributed by atoms with Crippen molar-refractivity contribution < 1.29 is 57.1 Å². The fourth-order valence-corrected chi connectivity index (χ4v) is 16.2. The van der Waals surface area contributed by atoms with Gasteiger partial charge < -0.3 is 68.5 Å². The maximum Gasteiger partial charge on any atom is 0.261 e. The lowest BCUT2D eigenvalue weighted by Crippen LogP contribution is -2.39. The van der Waals surface area contributed by atoms with Crippen LogP contribution in [0.5, 0.6) is 46.0 Å². The smallest absolute Gasteiger partial charge is 0.261 e. The summed E-state index contributed by atoms with van der Waals surface area (Å²) in [4.78, 5) is 70.0. The molecule has 18 rings (SSSR count). The summed E-state index contributed by atoms with van der Waals surface area (Å²) in [6, 6.07) is 58.4. The van der Waals surface area contributed by atoms with Gasteiger partial charge in [0.1, 0.15) is 26.4 Å². The van der Waals surface area contributed by atoms with Crippen LogP contribution < -0.4 is 73.4 Å². The summed E-state index contributed by atoms with van der Waals surface area (Å²) in [5, 5.41) is 10.6. The molecule has 520 valence electrons. The molecule has 0 bridgehead atoms. The van der Waals surface area contributed by atoms with E-state index in [0.717, 1.165) is 85.7 Å². The van der Waals surface area contributed by atoms with Crippen LogP contribution in [0.2, 0.25) is 0 Å². The quantitative estimate of drug-likeness (QED) is 0.0776. The van der Waals surface area contributed by atoms with Gasteiger partial charge in [-0.2, -0.15) is 0 Å². The van der Waals surface area contributed by atoms with Crippen LogP contribution in [0, 0.1) is 0 Å². The molecule has 104 heavy (non-hydrogen) atoms. The first-order chi connectivity index (χ1) is 50.9. The van der Waals surface area contributed by atoms with Crippen molar-refractivity contribution in [2.24, 2.45) is 4.99 Å². The van der Waals surface area contributed by atoms with E-state index in [9.17, 15) is 19.2 Å². The number of aliphatic imine (C=N–C) groups is 1. The Hall–Kier alpha value is -12.5. The maximum atomic E-state index is 14.8.